The van der Waals surface area contributed by atoms with E-state index in [1.165, 1.54) is 24.3 Å². The molecule has 0 aliphatic carbocycles. The molecule has 3 aliphatic heterocycles. The van der Waals surface area contributed by atoms with Gasteiger partial charge in [0, 0.05) is 45.2 Å². The lowest BCUT2D eigenvalue weighted by Gasteiger charge is -2.39. The second-order valence-electron chi connectivity index (χ2n) is 11.0. The number of nitrogens with one attached hydrogen (secondary N) is 1. The van der Waals surface area contributed by atoms with E-state index >= 15 is 0 Å². The highest BCUT2D eigenvalue weighted by Crippen LogP contribution is 2.58. The molecule has 0 aromatic heterocycles. The van der Waals surface area contributed by atoms with Gasteiger partial charge in [0.2, 0.25) is 5.91 Å². The van der Waals surface area contributed by atoms with Crippen molar-refractivity contribution in [2.45, 2.75) is 24.4 Å². The fourth-order valence-electron chi connectivity index (χ4n) is 7.10. The van der Waals surface area contributed by atoms with Crippen molar-refractivity contribution in [3.8, 4) is 0 Å². The number of rotatable bonds is 5. The molecule has 0 saturated carbocycles. The molecule has 212 valence electrons. The van der Waals surface area contributed by atoms with Crippen LogP contribution in [0.5, 0.6) is 0 Å². The number of nitro groups is 1. The van der Waals surface area contributed by atoms with Gasteiger partial charge in [-0.1, -0.05) is 54.1 Å². The van der Waals surface area contributed by atoms with Crippen LogP contribution >= 0.6 is 11.6 Å². The van der Waals surface area contributed by atoms with Crippen LogP contribution in [0.2, 0.25) is 5.02 Å². The molecular weight excluding hydrogens is 566 g/mol. The fourth-order valence-corrected chi connectivity index (χ4v) is 7.23. The summed E-state index contributed by atoms with van der Waals surface area (Å²) in [6, 6.07) is 24.9. The summed E-state index contributed by atoms with van der Waals surface area (Å²) in [6.07, 6.45) is 1.98. The van der Waals surface area contributed by atoms with Crippen LogP contribution in [0.1, 0.15) is 38.8 Å². The third kappa shape index (κ3) is 3.79. The molecule has 4 atom stereocenters. The normalized spacial score (nSPS) is 23.2. The predicted molar refractivity (Wildman–Crippen MR) is 164 cm³/mol. The van der Waals surface area contributed by atoms with Crippen molar-refractivity contribution in [3.05, 3.63) is 141 Å². The first-order chi connectivity index (χ1) is 20.7. The van der Waals surface area contributed by atoms with E-state index in [0.29, 0.717) is 21.8 Å². The molecule has 3 heterocycles. The number of amides is 1. The smallest absolute Gasteiger partial charge is 0.269 e. The Kier molecular flexibility index (Phi) is 6.07. The Labute approximate surface area is 251 Å². The minimum absolute atomic E-state index is 0.155. The summed E-state index contributed by atoms with van der Waals surface area (Å²) in [7, 11) is 0. The van der Waals surface area contributed by atoms with Crippen LogP contribution in [-0.4, -0.2) is 34.5 Å². The Morgan fingerprint density at radius 1 is 0.884 bits per heavy atom. The summed E-state index contributed by atoms with van der Waals surface area (Å²) in [5.74, 6) is -2.30. The predicted octanol–water partition coefficient (Wildman–Crippen LogP) is 6.49. The number of anilines is 2. The second-order valence-corrected chi connectivity index (χ2v) is 11.5. The highest BCUT2D eigenvalue weighted by molar-refractivity contribution is 6.30. The van der Waals surface area contributed by atoms with E-state index in [0.717, 1.165) is 16.8 Å². The van der Waals surface area contributed by atoms with Gasteiger partial charge < -0.3 is 10.2 Å². The molecule has 0 radical (unpaired) electrons. The number of nitro benzene ring substituents is 1. The van der Waals surface area contributed by atoms with Gasteiger partial charge in [0.1, 0.15) is 11.5 Å². The molecule has 43 heavy (non-hydrogen) atoms. The van der Waals surface area contributed by atoms with Crippen molar-refractivity contribution in [3.63, 3.8) is 0 Å². The Hall–Kier alpha value is -5.08. The zero-order chi connectivity index (χ0) is 30.0. The second kappa shape index (κ2) is 9.74. The van der Waals surface area contributed by atoms with Crippen LogP contribution in [-0.2, 0) is 10.2 Å². The lowest BCUT2D eigenvalue weighted by atomic mass is 9.64. The third-order valence-corrected chi connectivity index (χ3v) is 9.18. The van der Waals surface area contributed by atoms with Crippen LogP contribution in [0.15, 0.2) is 103 Å². The first-order valence-corrected chi connectivity index (χ1v) is 14.2. The number of halogens is 1. The number of hydrogen-bond donors (Lipinski definition) is 1. The number of carbonyl (C=O) groups excluding carboxylic acids is 3. The van der Waals surface area contributed by atoms with E-state index in [2.05, 4.69) is 5.32 Å². The summed E-state index contributed by atoms with van der Waals surface area (Å²) < 4.78 is 0. The molecule has 9 heteroatoms. The van der Waals surface area contributed by atoms with E-state index in [9.17, 15) is 24.5 Å². The van der Waals surface area contributed by atoms with E-state index < -0.39 is 34.1 Å². The summed E-state index contributed by atoms with van der Waals surface area (Å²) in [5, 5.41) is 14.8. The number of ketones is 2. The zero-order valence-corrected chi connectivity index (χ0v) is 23.6. The minimum atomic E-state index is -1.46. The first-order valence-electron chi connectivity index (χ1n) is 13.8. The van der Waals surface area contributed by atoms with Crippen molar-refractivity contribution < 1.29 is 19.3 Å². The van der Waals surface area contributed by atoms with E-state index in [-0.39, 0.29) is 22.9 Å². The van der Waals surface area contributed by atoms with Gasteiger partial charge in [0.15, 0.2) is 11.6 Å². The summed E-state index contributed by atoms with van der Waals surface area (Å²) in [4.78, 5) is 56.6. The molecule has 1 spiro atoms. The fraction of sp³-hybridized carbons (Fsp3) is 0.147. The van der Waals surface area contributed by atoms with E-state index in [4.69, 9.17) is 11.6 Å². The Morgan fingerprint density at radius 3 is 2.23 bits per heavy atom. The molecular formula is C34H24ClN3O5. The van der Waals surface area contributed by atoms with Gasteiger partial charge in [-0.05, 0) is 66.6 Å². The summed E-state index contributed by atoms with van der Waals surface area (Å²) in [5.41, 5.74) is 2.70. The van der Waals surface area contributed by atoms with E-state index in [1.807, 2.05) is 60.4 Å². The van der Waals surface area contributed by atoms with Crippen LogP contribution < -0.4 is 10.2 Å². The Balaban J connectivity index is 1.53. The molecule has 1 amide bonds. The van der Waals surface area contributed by atoms with Crippen molar-refractivity contribution in [2.24, 2.45) is 5.92 Å². The lowest BCUT2D eigenvalue weighted by Crippen LogP contribution is -2.51. The molecule has 8 nitrogen and oxygen atoms in total. The molecule has 1 N–H and O–H groups in total. The van der Waals surface area contributed by atoms with Gasteiger partial charge in [0.05, 0.1) is 16.9 Å². The van der Waals surface area contributed by atoms with Gasteiger partial charge >= 0.3 is 0 Å². The largest absolute Gasteiger partial charge is 0.352 e. The van der Waals surface area contributed by atoms with Crippen LogP contribution in [0.3, 0.4) is 0 Å². The van der Waals surface area contributed by atoms with Gasteiger partial charge in [-0.25, -0.2) is 0 Å². The highest BCUT2D eigenvalue weighted by atomic mass is 35.5. The maximum absolute atomic E-state index is 14.8. The molecule has 3 aliphatic rings. The monoisotopic (exact) mass is 589 g/mol. The molecule has 4 aromatic carbocycles. The van der Waals surface area contributed by atoms with Gasteiger partial charge in [-0.3, -0.25) is 24.5 Å². The number of benzene rings is 4. The number of hydrogen-bond acceptors (Lipinski definition) is 6. The zero-order valence-electron chi connectivity index (χ0n) is 22.9. The maximum Gasteiger partial charge on any atom is 0.269 e. The van der Waals surface area contributed by atoms with Gasteiger partial charge in [0.25, 0.3) is 5.69 Å². The summed E-state index contributed by atoms with van der Waals surface area (Å²) in [6.45, 7) is 1.96. The number of carbonyl (C=O) groups is 3. The van der Waals surface area contributed by atoms with Crippen LogP contribution in [0.4, 0.5) is 17.1 Å². The number of para-hydroxylation sites is 2. The van der Waals surface area contributed by atoms with Crippen LogP contribution in [0, 0.1) is 16.0 Å². The van der Waals surface area contributed by atoms with Gasteiger partial charge in [-0.15, -0.1) is 0 Å². The van der Waals surface area contributed by atoms with Gasteiger partial charge in [-0.2, -0.15) is 0 Å². The SMILES string of the molecule is CC1=C[C@@H]2N(c3ccccc31)[C@H](C(=O)c1ccc([N+](=O)[O-])cc1)[C@@H](C(=O)c1ccc(Cl)cc1)[C@@]21C(=O)Nc2ccccc21. The van der Waals surface area contributed by atoms with E-state index in [1.54, 1.807) is 30.3 Å². The molecule has 7 rings (SSSR count). The minimum Gasteiger partial charge on any atom is -0.352 e. The van der Waals surface area contributed by atoms with Crippen molar-refractivity contribution >= 4 is 51.7 Å². The average molecular weight is 590 g/mol. The molecule has 4 aromatic rings. The first kappa shape index (κ1) is 26.8. The highest BCUT2D eigenvalue weighted by Gasteiger charge is 2.70. The third-order valence-electron chi connectivity index (χ3n) is 8.93. The number of allylic oxidation sites excluding steroid dienone is 1. The van der Waals surface area contributed by atoms with Crippen molar-refractivity contribution in [2.75, 3.05) is 10.2 Å². The lowest BCUT2D eigenvalue weighted by molar-refractivity contribution is -0.384. The van der Waals surface area contributed by atoms with Crippen molar-refractivity contribution in [1.82, 2.24) is 0 Å². The topological polar surface area (TPSA) is 110 Å². The number of Topliss-reactive ketones (excluding diaryl/α,β-unsaturated/α-hetero) is 2. The average Bonchev–Trinajstić information content (AvgIpc) is 3.49. The molecule has 1 fully saturated rings. The molecule has 0 unspecified atom stereocenters. The van der Waals surface area contributed by atoms with Crippen molar-refractivity contribution in [1.29, 1.82) is 0 Å². The van der Waals surface area contributed by atoms with Crippen LogP contribution in [0.25, 0.3) is 5.57 Å². The quantitative estimate of drug-likeness (QED) is 0.162. The molecule has 0 bridgehead atoms. The number of nitrogens with zero attached hydrogens (tertiary/aromatic N) is 2. The summed E-state index contributed by atoms with van der Waals surface area (Å²) >= 11 is 6.16. The standard InChI is InChI=1S/C34H24ClN3O5/c1-19-18-28-34(25-7-3-4-8-26(25)36-33(34)41)29(31(39)20-10-14-22(35)15-11-20)30(37(28)27-9-5-2-6-24(19)27)32(40)21-12-16-23(17-13-21)38(42)43/h2-18,28-30H,1H3,(H,36,41)/t28-,29-,30-,34-/m0/s1. The Bertz CT molecular complexity index is 1880. The number of non-ortho nitro benzene ring substituents is 1. The molecule has 1 saturated heterocycles. The Morgan fingerprint density at radius 2 is 1.51 bits per heavy atom. The number of fused-ring (bicyclic) bond motifs is 6. The maximum atomic E-state index is 14.8.